The average molecular weight is 353 g/mol. The van der Waals surface area contributed by atoms with Crippen molar-refractivity contribution in [1.29, 1.82) is 0 Å². The highest BCUT2D eigenvalue weighted by Crippen LogP contribution is 2.27. The van der Waals surface area contributed by atoms with Gasteiger partial charge < -0.3 is 10.6 Å². The standard InChI is InChI=1S/C18H18F2N2O.ClH/c19-15-7-6-13(10-16(15)20)14-8-9-21-11-17(14)22-18(23)12-4-2-1-3-5-12;/h1-7,10,14,17,21H,8-9,11H2,(H,22,23);1H. The number of benzene rings is 2. The summed E-state index contributed by atoms with van der Waals surface area (Å²) in [6.45, 7) is 1.38. The van der Waals surface area contributed by atoms with Crippen LogP contribution in [0.25, 0.3) is 0 Å². The smallest absolute Gasteiger partial charge is 0.251 e. The van der Waals surface area contributed by atoms with E-state index in [9.17, 15) is 13.6 Å². The molecular formula is C18H19ClF2N2O. The largest absolute Gasteiger partial charge is 0.347 e. The van der Waals surface area contributed by atoms with Crippen molar-refractivity contribution < 1.29 is 13.6 Å². The molecule has 1 aliphatic rings. The fourth-order valence-corrected chi connectivity index (χ4v) is 2.99. The lowest BCUT2D eigenvalue weighted by atomic mass is 9.86. The molecule has 1 heterocycles. The summed E-state index contributed by atoms with van der Waals surface area (Å²) in [6.07, 6.45) is 0.755. The first-order chi connectivity index (χ1) is 11.1. The number of halogens is 3. The second-order valence-electron chi connectivity index (χ2n) is 5.72. The zero-order chi connectivity index (χ0) is 16.2. The molecule has 2 N–H and O–H groups in total. The molecule has 0 aromatic heterocycles. The molecule has 1 fully saturated rings. The van der Waals surface area contributed by atoms with E-state index in [1.165, 1.54) is 6.07 Å². The van der Waals surface area contributed by atoms with Gasteiger partial charge in [-0.1, -0.05) is 24.3 Å². The van der Waals surface area contributed by atoms with E-state index < -0.39 is 11.6 Å². The molecule has 0 spiro atoms. The number of rotatable bonds is 3. The molecular weight excluding hydrogens is 334 g/mol. The summed E-state index contributed by atoms with van der Waals surface area (Å²) in [5, 5.41) is 6.24. The van der Waals surface area contributed by atoms with E-state index in [4.69, 9.17) is 0 Å². The fraction of sp³-hybridized carbons (Fsp3) is 0.278. The quantitative estimate of drug-likeness (QED) is 0.890. The maximum Gasteiger partial charge on any atom is 0.251 e. The van der Waals surface area contributed by atoms with Crippen LogP contribution < -0.4 is 10.6 Å². The predicted octanol–water partition coefficient (Wildman–Crippen LogP) is 3.26. The molecule has 1 saturated heterocycles. The van der Waals surface area contributed by atoms with Crippen LogP contribution in [0, 0.1) is 11.6 Å². The summed E-state index contributed by atoms with van der Waals surface area (Å²) < 4.78 is 26.6. The molecule has 0 saturated carbocycles. The first-order valence-electron chi connectivity index (χ1n) is 7.67. The maximum absolute atomic E-state index is 13.5. The minimum Gasteiger partial charge on any atom is -0.347 e. The third-order valence-corrected chi connectivity index (χ3v) is 4.21. The van der Waals surface area contributed by atoms with E-state index in [0.717, 1.165) is 19.0 Å². The van der Waals surface area contributed by atoms with Crippen molar-refractivity contribution in [1.82, 2.24) is 10.6 Å². The van der Waals surface area contributed by atoms with Crippen LogP contribution in [-0.4, -0.2) is 25.0 Å². The van der Waals surface area contributed by atoms with Crippen LogP contribution in [-0.2, 0) is 0 Å². The van der Waals surface area contributed by atoms with Crippen LogP contribution in [0.4, 0.5) is 8.78 Å². The predicted molar refractivity (Wildman–Crippen MR) is 91.5 cm³/mol. The summed E-state index contributed by atoms with van der Waals surface area (Å²) in [6, 6.07) is 12.8. The molecule has 1 amide bonds. The number of piperidine rings is 1. The Morgan fingerprint density at radius 2 is 1.83 bits per heavy atom. The van der Waals surface area contributed by atoms with Crippen molar-refractivity contribution in [3.63, 3.8) is 0 Å². The van der Waals surface area contributed by atoms with Gasteiger partial charge in [0.1, 0.15) is 0 Å². The van der Waals surface area contributed by atoms with Crippen molar-refractivity contribution in [2.75, 3.05) is 13.1 Å². The third kappa shape index (κ3) is 4.10. The van der Waals surface area contributed by atoms with Crippen molar-refractivity contribution >= 4 is 18.3 Å². The Hall–Kier alpha value is -1.98. The Morgan fingerprint density at radius 1 is 1.08 bits per heavy atom. The lowest BCUT2D eigenvalue weighted by Gasteiger charge is -2.33. The van der Waals surface area contributed by atoms with Crippen molar-refractivity contribution in [3.05, 3.63) is 71.3 Å². The number of hydrogen-bond donors (Lipinski definition) is 2. The van der Waals surface area contributed by atoms with E-state index in [-0.39, 0.29) is 30.3 Å². The normalized spacial score (nSPS) is 20.1. The average Bonchev–Trinajstić information content (AvgIpc) is 2.59. The molecule has 24 heavy (non-hydrogen) atoms. The van der Waals surface area contributed by atoms with Crippen LogP contribution >= 0.6 is 12.4 Å². The molecule has 6 heteroatoms. The summed E-state index contributed by atoms with van der Waals surface area (Å²) in [5.74, 6) is -1.91. The molecule has 1 aliphatic heterocycles. The number of carbonyl (C=O) groups is 1. The zero-order valence-corrected chi connectivity index (χ0v) is 13.8. The van der Waals surface area contributed by atoms with Gasteiger partial charge >= 0.3 is 0 Å². The number of hydrogen-bond acceptors (Lipinski definition) is 2. The first kappa shape index (κ1) is 18.4. The number of amides is 1. The first-order valence-corrected chi connectivity index (χ1v) is 7.67. The van der Waals surface area contributed by atoms with Gasteiger partial charge in [0, 0.05) is 24.1 Å². The van der Waals surface area contributed by atoms with Gasteiger partial charge in [0.05, 0.1) is 0 Å². The Labute approximate surface area is 145 Å². The van der Waals surface area contributed by atoms with E-state index in [1.54, 1.807) is 30.3 Å². The van der Waals surface area contributed by atoms with Gasteiger partial charge in [-0.25, -0.2) is 8.78 Å². The van der Waals surface area contributed by atoms with Gasteiger partial charge in [-0.05, 0) is 42.8 Å². The Kier molecular flexibility index (Phi) is 6.29. The molecule has 2 aromatic rings. The molecule has 2 unspecified atom stereocenters. The fourth-order valence-electron chi connectivity index (χ4n) is 2.99. The van der Waals surface area contributed by atoms with Crippen LogP contribution in [0.2, 0.25) is 0 Å². The lowest BCUT2D eigenvalue weighted by molar-refractivity contribution is 0.0924. The van der Waals surface area contributed by atoms with Crippen LogP contribution in [0.1, 0.15) is 28.3 Å². The van der Waals surface area contributed by atoms with Crippen molar-refractivity contribution in [2.24, 2.45) is 0 Å². The summed E-state index contributed by atoms with van der Waals surface area (Å²) in [4.78, 5) is 12.3. The monoisotopic (exact) mass is 352 g/mol. The van der Waals surface area contributed by atoms with E-state index in [1.807, 2.05) is 6.07 Å². The van der Waals surface area contributed by atoms with Crippen LogP contribution in [0.3, 0.4) is 0 Å². The highest BCUT2D eigenvalue weighted by atomic mass is 35.5. The maximum atomic E-state index is 13.5. The Morgan fingerprint density at radius 3 is 2.54 bits per heavy atom. The molecule has 2 atom stereocenters. The molecule has 0 aliphatic carbocycles. The zero-order valence-electron chi connectivity index (χ0n) is 13.0. The summed E-state index contributed by atoms with van der Waals surface area (Å²) in [5.41, 5.74) is 1.30. The lowest BCUT2D eigenvalue weighted by Crippen LogP contribution is -2.50. The Bertz CT molecular complexity index is 697. The molecule has 3 nitrogen and oxygen atoms in total. The molecule has 2 aromatic carbocycles. The van der Waals surface area contributed by atoms with Crippen LogP contribution in [0.15, 0.2) is 48.5 Å². The molecule has 0 bridgehead atoms. The second-order valence-corrected chi connectivity index (χ2v) is 5.72. The summed E-state index contributed by atoms with van der Waals surface area (Å²) >= 11 is 0. The van der Waals surface area contributed by atoms with Gasteiger partial charge in [-0.2, -0.15) is 0 Å². The topological polar surface area (TPSA) is 41.1 Å². The van der Waals surface area contributed by atoms with Gasteiger partial charge in [0.2, 0.25) is 0 Å². The minimum atomic E-state index is -0.854. The van der Waals surface area contributed by atoms with Crippen molar-refractivity contribution in [3.8, 4) is 0 Å². The third-order valence-electron chi connectivity index (χ3n) is 4.21. The van der Waals surface area contributed by atoms with Gasteiger partial charge in [-0.15, -0.1) is 12.4 Å². The molecule has 128 valence electrons. The van der Waals surface area contributed by atoms with Crippen molar-refractivity contribution in [2.45, 2.75) is 18.4 Å². The van der Waals surface area contributed by atoms with E-state index >= 15 is 0 Å². The van der Waals surface area contributed by atoms with E-state index in [2.05, 4.69) is 10.6 Å². The molecule has 3 rings (SSSR count). The Balaban J connectivity index is 0.00000208. The van der Waals surface area contributed by atoms with Gasteiger partial charge in [-0.3, -0.25) is 4.79 Å². The van der Waals surface area contributed by atoms with Gasteiger partial charge in [0.15, 0.2) is 11.6 Å². The molecule has 0 radical (unpaired) electrons. The number of carbonyl (C=O) groups excluding carboxylic acids is 1. The second kappa shape index (κ2) is 8.22. The van der Waals surface area contributed by atoms with Crippen LogP contribution in [0.5, 0.6) is 0 Å². The van der Waals surface area contributed by atoms with E-state index in [0.29, 0.717) is 17.7 Å². The highest BCUT2D eigenvalue weighted by molar-refractivity contribution is 5.94. The highest BCUT2D eigenvalue weighted by Gasteiger charge is 2.28. The summed E-state index contributed by atoms with van der Waals surface area (Å²) in [7, 11) is 0. The SMILES string of the molecule is Cl.O=C(NC1CNCCC1c1ccc(F)c(F)c1)c1ccccc1. The number of nitrogens with one attached hydrogen (secondary N) is 2. The minimum absolute atomic E-state index is 0. The van der Waals surface area contributed by atoms with Gasteiger partial charge in [0.25, 0.3) is 5.91 Å².